The van der Waals surface area contributed by atoms with Crippen molar-refractivity contribution in [2.45, 2.75) is 6.92 Å². The number of methoxy groups -OCH3 is 1. The number of aromatic nitrogens is 1. The Morgan fingerprint density at radius 2 is 2.05 bits per heavy atom. The van der Waals surface area contributed by atoms with Crippen molar-refractivity contribution >= 4 is 27.6 Å². The number of benzene rings is 1. The van der Waals surface area contributed by atoms with Crippen LogP contribution >= 0.6 is 15.9 Å². The average molecular weight is 337 g/mol. The van der Waals surface area contributed by atoms with Crippen LogP contribution in [0.3, 0.4) is 0 Å². The molecule has 0 radical (unpaired) electrons. The second-order valence-corrected chi connectivity index (χ2v) is 4.97. The van der Waals surface area contributed by atoms with Crippen LogP contribution in [0.5, 0.6) is 11.6 Å². The molecule has 0 amide bonds. The van der Waals surface area contributed by atoms with Crippen LogP contribution in [0, 0.1) is 6.92 Å². The highest BCUT2D eigenvalue weighted by molar-refractivity contribution is 9.10. The van der Waals surface area contributed by atoms with Crippen LogP contribution < -0.4 is 10.5 Å². The second-order valence-electron chi connectivity index (χ2n) is 4.06. The van der Waals surface area contributed by atoms with Gasteiger partial charge in [0.05, 0.1) is 24.1 Å². The number of pyridine rings is 1. The predicted molar refractivity (Wildman–Crippen MR) is 78.9 cm³/mol. The van der Waals surface area contributed by atoms with Crippen LogP contribution in [-0.2, 0) is 4.74 Å². The summed E-state index contributed by atoms with van der Waals surface area (Å²) in [6.45, 7) is 1.71. The maximum absolute atomic E-state index is 11.5. The van der Waals surface area contributed by atoms with Crippen molar-refractivity contribution in [3.8, 4) is 11.6 Å². The van der Waals surface area contributed by atoms with E-state index in [1.54, 1.807) is 31.2 Å². The van der Waals surface area contributed by atoms with Gasteiger partial charge in [-0.3, -0.25) is 0 Å². The number of carbonyl (C=O) groups is 1. The molecule has 0 aliphatic heterocycles. The number of halogens is 1. The topological polar surface area (TPSA) is 74.4 Å². The molecule has 1 heterocycles. The van der Waals surface area contributed by atoms with Crippen molar-refractivity contribution < 1.29 is 14.3 Å². The Hall–Kier alpha value is -2.08. The number of carbonyl (C=O) groups excluding carboxylic acids is 1. The van der Waals surface area contributed by atoms with Crippen LogP contribution in [0.1, 0.15) is 16.1 Å². The highest BCUT2D eigenvalue weighted by Crippen LogP contribution is 2.29. The summed E-state index contributed by atoms with van der Waals surface area (Å²) in [5.74, 6) is 0.444. The smallest absolute Gasteiger partial charge is 0.339 e. The van der Waals surface area contributed by atoms with Crippen molar-refractivity contribution in [1.82, 2.24) is 4.98 Å². The molecule has 0 bridgehead atoms. The SMILES string of the molecule is COC(=O)c1ccc(Oc2ccc(Br)cc2N)nc1C. The Balaban J connectivity index is 2.26. The maximum Gasteiger partial charge on any atom is 0.339 e. The van der Waals surface area contributed by atoms with Gasteiger partial charge in [0.2, 0.25) is 5.88 Å². The highest BCUT2D eigenvalue weighted by Gasteiger charge is 2.12. The van der Waals surface area contributed by atoms with Crippen molar-refractivity contribution in [2.24, 2.45) is 0 Å². The standard InChI is InChI=1S/C14H13BrN2O3/c1-8-10(14(18)19-2)4-6-13(17-8)20-12-5-3-9(15)7-11(12)16/h3-7H,16H2,1-2H3. The fraction of sp³-hybridized carbons (Fsp3) is 0.143. The fourth-order valence-corrected chi connectivity index (χ4v) is 2.02. The Morgan fingerprint density at radius 1 is 1.30 bits per heavy atom. The van der Waals surface area contributed by atoms with E-state index in [9.17, 15) is 4.79 Å². The molecule has 6 heteroatoms. The molecule has 0 aliphatic rings. The van der Waals surface area contributed by atoms with Crippen LogP contribution in [0.2, 0.25) is 0 Å². The summed E-state index contributed by atoms with van der Waals surface area (Å²) in [4.78, 5) is 15.7. The van der Waals surface area contributed by atoms with E-state index >= 15 is 0 Å². The zero-order chi connectivity index (χ0) is 14.7. The first-order valence-electron chi connectivity index (χ1n) is 5.80. The third-order valence-electron chi connectivity index (χ3n) is 2.65. The number of nitrogens with two attached hydrogens (primary N) is 1. The van der Waals surface area contributed by atoms with Crippen molar-refractivity contribution in [1.29, 1.82) is 0 Å². The van der Waals surface area contributed by atoms with Gasteiger partial charge >= 0.3 is 5.97 Å². The normalized spacial score (nSPS) is 10.2. The monoisotopic (exact) mass is 336 g/mol. The third kappa shape index (κ3) is 3.08. The van der Waals surface area contributed by atoms with Gasteiger partial charge in [-0.05, 0) is 31.2 Å². The Labute approximate surface area is 124 Å². The highest BCUT2D eigenvalue weighted by atomic mass is 79.9. The molecule has 0 spiro atoms. The van der Waals surface area contributed by atoms with Crippen molar-refractivity contribution in [2.75, 3.05) is 12.8 Å². The third-order valence-corrected chi connectivity index (χ3v) is 3.15. The zero-order valence-corrected chi connectivity index (χ0v) is 12.6. The van der Waals surface area contributed by atoms with Crippen LogP contribution in [0.15, 0.2) is 34.8 Å². The minimum absolute atomic E-state index is 0.365. The van der Waals surface area contributed by atoms with Crippen LogP contribution in [-0.4, -0.2) is 18.1 Å². The molecule has 1 aromatic carbocycles. The van der Waals surface area contributed by atoms with Gasteiger partial charge < -0.3 is 15.2 Å². The molecule has 20 heavy (non-hydrogen) atoms. The molecule has 0 saturated heterocycles. The Morgan fingerprint density at radius 3 is 2.65 bits per heavy atom. The minimum atomic E-state index is -0.426. The first-order valence-corrected chi connectivity index (χ1v) is 6.59. The van der Waals surface area contributed by atoms with Gasteiger partial charge in [0.15, 0.2) is 5.75 Å². The number of aryl methyl sites for hydroxylation is 1. The summed E-state index contributed by atoms with van der Waals surface area (Å²) in [5, 5.41) is 0. The number of esters is 1. The van der Waals surface area contributed by atoms with Gasteiger partial charge in [-0.15, -0.1) is 0 Å². The van der Waals surface area contributed by atoms with Gasteiger partial charge in [0.1, 0.15) is 0 Å². The molecular weight excluding hydrogens is 324 g/mol. The zero-order valence-electron chi connectivity index (χ0n) is 11.0. The van der Waals surface area contributed by atoms with Crippen molar-refractivity contribution in [3.05, 3.63) is 46.1 Å². The van der Waals surface area contributed by atoms with E-state index in [0.29, 0.717) is 28.6 Å². The number of rotatable bonds is 3. The molecule has 0 unspecified atom stereocenters. The molecule has 2 N–H and O–H groups in total. The van der Waals surface area contributed by atoms with E-state index < -0.39 is 5.97 Å². The summed E-state index contributed by atoms with van der Waals surface area (Å²) in [5.41, 5.74) is 7.28. The number of hydrogen-bond acceptors (Lipinski definition) is 5. The molecule has 2 rings (SSSR count). The largest absolute Gasteiger partial charge is 0.465 e. The van der Waals surface area contributed by atoms with E-state index in [4.69, 9.17) is 10.5 Å². The number of nitrogens with zero attached hydrogens (tertiary/aromatic N) is 1. The summed E-state index contributed by atoms with van der Waals surface area (Å²) in [7, 11) is 1.33. The quantitative estimate of drug-likeness (QED) is 0.687. The molecule has 0 aliphatic carbocycles. The lowest BCUT2D eigenvalue weighted by molar-refractivity contribution is 0.0599. The maximum atomic E-state index is 11.5. The Kier molecular flexibility index (Phi) is 4.24. The second kappa shape index (κ2) is 5.92. The lowest BCUT2D eigenvalue weighted by atomic mass is 10.2. The van der Waals surface area contributed by atoms with E-state index in [1.807, 2.05) is 6.07 Å². The summed E-state index contributed by atoms with van der Waals surface area (Å²) < 4.78 is 11.1. The fourth-order valence-electron chi connectivity index (χ4n) is 1.65. The number of hydrogen-bond donors (Lipinski definition) is 1. The molecule has 2 aromatic rings. The van der Waals surface area contributed by atoms with Gasteiger partial charge in [-0.25, -0.2) is 9.78 Å². The predicted octanol–water partition coefficient (Wildman–Crippen LogP) is 3.31. The van der Waals surface area contributed by atoms with Gasteiger partial charge in [0, 0.05) is 10.5 Å². The lowest BCUT2D eigenvalue weighted by Gasteiger charge is -2.09. The van der Waals surface area contributed by atoms with Crippen LogP contribution in [0.25, 0.3) is 0 Å². The van der Waals surface area contributed by atoms with Gasteiger partial charge in [-0.2, -0.15) is 0 Å². The molecule has 0 fully saturated rings. The Bertz CT molecular complexity index is 659. The van der Waals surface area contributed by atoms with Crippen molar-refractivity contribution in [3.63, 3.8) is 0 Å². The molecule has 0 saturated carbocycles. The average Bonchev–Trinajstić information content (AvgIpc) is 2.41. The summed E-state index contributed by atoms with van der Waals surface area (Å²) in [6, 6.07) is 8.51. The van der Waals surface area contributed by atoms with Crippen LogP contribution in [0.4, 0.5) is 5.69 Å². The van der Waals surface area contributed by atoms with E-state index in [0.717, 1.165) is 4.47 Å². The van der Waals surface area contributed by atoms with E-state index in [2.05, 4.69) is 25.7 Å². The number of anilines is 1. The first kappa shape index (κ1) is 14.3. The molecular formula is C14H13BrN2O3. The first-order chi connectivity index (χ1) is 9.51. The molecule has 0 atom stereocenters. The number of nitrogen functional groups attached to an aromatic ring is 1. The lowest BCUT2D eigenvalue weighted by Crippen LogP contribution is -2.05. The molecule has 1 aromatic heterocycles. The molecule has 5 nitrogen and oxygen atoms in total. The van der Waals surface area contributed by atoms with E-state index in [1.165, 1.54) is 7.11 Å². The van der Waals surface area contributed by atoms with Gasteiger partial charge in [0.25, 0.3) is 0 Å². The van der Waals surface area contributed by atoms with E-state index in [-0.39, 0.29) is 0 Å². The summed E-state index contributed by atoms with van der Waals surface area (Å²) in [6.07, 6.45) is 0. The number of ether oxygens (including phenoxy) is 2. The van der Waals surface area contributed by atoms with Gasteiger partial charge in [-0.1, -0.05) is 15.9 Å². The summed E-state index contributed by atoms with van der Waals surface area (Å²) >= 11 is 3.32. The minimum Gasteiger partial charge on any atom is -0.465 e. The molecule has 104 valence electrons.